The van der Waals surface area contributed by atoms with Gasteiger partial charge in [-0.15, -0.1) is 0 Å². The summed E-state index contributed by atoms with van der Waals surface area (Å²) in [5, 5.41) is 0.151. The Balaban J connectivity index is 3.19. The zero-order valence-corrected chi connectivity index (χ0v) is 26.4. The SMILES string of the molecule is C=C(C[C@H](CCCCCC)O[C@H](CCO[Si](C)(C)C(C)(C)C)C(C)(C)c1ccc(OC)cc1)OC(C)=O. The van der Waals surface area contributed by atoms with Crippen LogP contribution in [0.4, 0.5) is 0 Å². The van der Waals surface area contributed by atoms with Crippen molar-refractivity contribution < 1.29 is 23.4 Å². The Hall–Kier alpha value is -1.63. The molecule has 2 atom stereocenters. The Bertz CT molecular complexity index is 823. The fourth-order valence-corrected chi connectivity index (χ4v) is 5.25. The minimum atomic E-state index is -1.88. The van der Waals surface area contributed by atoms with Crippen LogP contribution in [-0.4, -0.2) is 40.2 Å². The van der Waals surface area contributed by atoms with E-state index in [0.29, 0.717) is 18.8 Å². The molecule has 0 aliphatic rings. The third-order valence-electron chi connectivity index (χ3n) is 7.77. The van der Waals surface area contributed by atoms with Gasteiger partial charge in [-0.05, 0) is 48.7 Å². The number of methoxy groups -OCH3 is 1. The van der Waals surface area contributed by atoms with Crippen LogP contribution in [0.5, 0.6) is 5.75 Å². The standard InChI is InChI=1S/C31H54O5Si/c1-12-13-14-15-16-28(23-24(2)35-25(3)32)36-29(21-22-34-37(10,11)30(4,5)6)31(7,8)26-17-19-27(33-9)20-18-26/h17-20,28-29H,2,12-16,21-23H2,1,3-11H3/t28-,29+/m0/s1. The highest BCUT2D eigenvalue weighted by atomic mass is 28.4. The molecule has 1 aromatic rings. The molecule has 0 aliphatic carbocycles. The minimum absolute atomic E-state index is 0.0842. The molecule has 0 spiro atoms. The summed E-state index contributed by atoms with van der Waals surface area (Å²) in [6, 6.07) is 8.26. The second-order valence-electron chi connectivity index (χ2n) is 12.3. The molecule has 1 rings (SSSR count). The van der Waals surface area contributed by atoms with Gasteiger partial charge in [0.2, 0.25) is 0 Å². The molecule has 0 N–H and O–H groups in total. The lowest BCUT2D eigenvalue weighted by Crippen LogP contribution is -2.44. The Labute approximate surface area is 228 Å². The molecule has 0 unspecified atom stereocenters. The van der Waals surface area contributed by atoms with E-state index < -0.39 is 8.32 Å². The van der Waals surface area contributed by atoms with Crippen LogP contribution in [0, 0.1) is 0 Å². The third kappa shape index (κ3) is 11.3. The molecular formula is C31H54O5Si. The van der Waals surface area contributed by atoms with Crippen molar-refractivity contribution in [1.29, 1.82) is 0 Å². The van der Waals surface area contributed by atoms with E-state index in [1.807, 2.05) is 12.1 Å². The lowest BCUT2D eigenvalue weighted by Gasteiger charge is -2.40. The Kier molecular flexibility index (Phi) is 13.6. The largest absolute Gasteiger partial charge is 0.497 e. The molecule has 0 aliphatic heterocycles. The summed E-state index contributed by atoms with van der Waals surface area (Å²) in [4.78, 5) is 11.5. The molecule has 6 heteroatoms. The van der Waals surface area contributed by atoms with E-state index in [4.69, 9.17) is 18.6 Å². The molecule has 0 bridgehead atoms. The van der Waals surface area contributed by atoms with Crippen molar-refractivity contribution in [2.45, 2.75) is 129 Å². The molecule has 0 radical (unpaired) electrons. The number of hydrogen-bond donors (Lipinski definition) is 0. The van der Waals surface area contributed by atoms with Crippen molar-refractivity contribution in [2.24, 2.45) is 0 Å². The highest BCUT2D eigenvalue weighted by Crippen LogP contribution is 2.38. The summed E-state index contributed by atoms with van der Waals surface area (Å²) in [7, 11) is -0.197. The van der Waals surface area contributed by atoms with Gasteiger partial charge in [-0.25, -0.2) is 0 Å². The molecule has 0 aromatic heterocycles. The van der Waals surface area contributed by atoms with Crippen LogP contribution in [0.3, 0.4) is 0 Å². The summed E-state index contributed by atoms with van der Waals surface area (Å²) in [6.07, 6.45) is 6.63. The average Bonchev–Trinajstić information content (AvgIpc) is 2.79. The van der Waals surface area contributed by atoms with Crippen LogP contribution in [0.2, 0.25) is 18.1 Å². The number of rotatable bonds is 17. The minimum Gasteiger partial charge on any atom is -0.497 e. The highest BCUT2D eigenvalue weighted by Gasteiger charge is 2.39. The van der Waals surface area contributed by atoms with Crippen LogP contribution in [0.15, 0.2) is 36.6 Å². The molecule has 5 nitrogen and oxygen atoms in total. The van der Waals surface area contributed by atoms with Gasteiger partial charge in [0, 0.05) is 25.4 Å². The fourth-order valence-electron chi connectivity index (χ4n) is 4.19. The topological polar surface area (TPSA) is 54.0 Å². The number of esters is 1. The van der Waals surface area contributed by atoms with Gasteiger partial charge in [0.1, 0.15) is 11.5 Å². The number of unbranched alkanes of at least 4 members (excludes halogenated alkanes) is 3. The van der Waals surface area contributed by atoms with Crippen LogP contribution in [0.1, 0.15) is 99.0 Å². The smallest absolute Gasteiger partial charge is 0.307 e. The molecule has 0 saturated carbocycles. The molecule has 0 amide bonds. The number of carbonyl (C=O) groups excluding carboxylic acids is 1. The van der Waals surface area contributed by atoms with E-state index in [1.54, 1.807) is 7.11 Å². The van der Waals surface area contributed by atoms with Gasteiger partial charge in [0.15, 0.2) is 8.32 Å². The first-order chi connectivity index (χ1) is 17.1. The van der Waals surface area contributed by atoms with Gasteiger partial charge in [0.25, 0.3) is 0 Å². The van der Waals surface area contributed by atoms with Crippen LogP contribution in [0.25, 0.3) is 0 Å². The predicted molar refractivity (Wildman–Crippen MR) is 157 cm³/mol. The maximum absolute atomic E-state index is 11.5. The van der Waals surface area contributed by atoms with E-state index >= 15 is 0 Å². The van der Waals surface area contributed by atoms with Gasteiger partial charge in [-0.3, -0.25) is 4.79 Å². The lowest BCUT2D eigenvalue weighted by atomic mass is 9.78. The van der Waals surface area contributed by atoms with Crippen molar-refractivity contribution in [3.8, 4) is 5.75 Å². The van der Waals surface area contributed by atoms with Crippen molar-refractivity contribution in [1.82, 2.24) is 0 Å². The van der Waals surface area contributed by atoms with Crippen LogP contribution >= 0.6 is 0 Å². The first-order valence-corrected chi connectivity index (χ1v) is 16.8. The van der Waals surface area contributed by atoms with Gasteiger partial charge in [-0.1, -0.05) is 85.9 Å². The number of ether oxygens (including phenoxy) is 3. The Morgan fingerprint density at radius 1 is 1.00 bits per heavy atom. The summed E-state index contributed by atoms with van der Waals surface area (Å²) in [5.74, 6) is 0.962. The van der Waals surface area contributed by atoms with Gasteiger partial charge < -0.3 is 18.6 Å². The van der Waals surface area contributed by atoms with Crippen molar-refractivity contribution in [3.05, 3.63) is 42.2 Å². The molecule has 0 fully saturated rings. The van der Waals surface area contributed by atoms with Crippen LogP contribution < -0.4 is 4.74 Å². The van der Waals surface area contributed by atoms with Gasteiger partial charge >= 0.3 is 5.97 Å². The normalized spacial score (nSPS) is 14.2. The highest BCUT2D eigenvalue weighted by molar-refractivity contribution is 6.74. The first kappa shape index (κ1) is 33.4. The molecular weight excluding hydrogens is 480 g/mol. The second kappa shape index (κ2) is 15.1. The maximum Gasteiger partial charge on any atom is 0.307 e. The second-order valence-corrected chi connectivity index (χ2v) is 17.1. The molecule has 37 heavy (non-hydrogen) atoms. The molecule has 212 valence electrons. The van der Waals surface area contributed by atoms with Crippen molar-refractivity contribution >= 4 is 14.3 Å². The van der Waals surface area contributed by atoms with Gasteiger partial charge in [0.05, 0.1) is 19.3 Å². The zero-order valence-electron chi connectivity index (χ0n) is 25.4. The van der Waals surface area contributed by atoms with E-state index in [1.165, 1.54) is 25.3 Å². The van der Waals surface area contributed by atoms with Crippen molar-refractivity contribution in [2.75, 3.05) is 13.7 Å². The van der Waals surface area contributed by atoms with E-state index in [9.17, 15) is 4.79 Å². The van der Waals surface area contributed by atoms with E-state index in [-0.39, 0.29) is 28.6 Å². The number of carbonyl (C=O) groups is 1. The van der Waals surface area contributed by atoms with Gasteiger partial charge in [-0.2, -0.15) is 0 Å². The fraction of sp³-hybridized carbons (Fsp3) is 0.710. The summed E-state index contributed by atoms with van der Waals surface area (Å²) < 4.78 is 24.2. The quantitative estimate of drug-likeness (QED) is 0.0867. The molecule has 1 aromatic carbocycles. The number of benzene rings is 1. The lowest BCUT2D eigenvalue weighted by molar-refractivity contribution is -0.137. The third-order valence-corrected chi connectivity index (χ3v) is 12.3. The maximum atomic E-state index is 11.5. The zero-order chi connectivity index (χ0) is 28.3. The Morgan fingerprint density at radius 3 is 2.14 bits per heavy atom. The molecule has 0 heterocycles. The molecule has 0 saturated heterocycles. The van der Waals surface area contributed by atoms with Crippen molar-refractivity contribution in [3.63, 3.8) is 0 Å². The van der Waals surface area contributed by atoms with E-state index in [2.05, 4.69) is 73.3 Å². The summed E-state index contributed by atoms with van der Waals surface area (Å²) >= 11 is 0. The number of hydrogen-bond acceptors (Lipinski definition) is 5. The Morgan fingerprint density at radius 2 is 1.62 bits per heavy atom. The van der Waals surface area contributed by atoms with E-state index in [0.717, 1.165) is 31.4 Å². The summed E-state index contributed by atoms with van der Waals surface area (Å²) in [5.41, 5.74) is 0.919. The monoisotopic (exact) mass is 534 g/mol. The predicted octanol–water partition coefficient (Wildman–Crippen LogP) is 8.58. The summed E-state index contributed by atoms with van der Waals surface area (Å²) in [6.45, 7) is 24.1. The average molecular weight is 535 g/mol. The van der Waals surface area contributed by atoms with Crippen LogP contribution in [-0.2, 0) is 24.1 Å². The first-order valence-electron chi connectivity index (χ1n) is 13.9.